The van der Waals surface area contributed by atoms with Crippen LogP contribution in [0.5, 0.6) is 0 Å². The lowest BCUT2D eigenvalue weighted by atomic mass is 9.82. The highest BCUT2D eigenvalue weighted by Gasteiger charge is 2.64. The van der Waals surface area contributed by atoms with Gasteiger partial charge in [-0.1, -0.05) is 19.0 Å². The van der Waals surface area contributed by atoms with Gasteiger partial charge in [0, 0.05) is 37.0 Å². The van der Waals surface area contributed by atoms with Gasteiger partial charge in [-0.05, 0) is 18.6 Å². The highest BCUT2D eigenvalue weighted by Crippen LogP contribution is 2.49. The van der Waals surface area contributed by atoms with Crippen LogP contribution in [0.15, 0.2) is 29.0 Å². The molecule has 1 spiro atoms. The summed E-state index contributed by atoms with van der Waals surface area (Å²) in [6.07, 6.45) is 3.70. The van der Waals surface area contributed by atoms with Crippen LogP contribution in [-0.4, -0.2) is 57.9 Å². The zero-order valence-corrected chi connectivity index (χ0v) is 15.4. The number of likely N-dealkylation sites (tertiary alicyclic amines) is 1. The molecule has 1 atom stereocenters. The summed E-state index contributed by atoms with van der Waals surface area (Å²) in [6.45, 7) is 4.02. The number of carbonyl (C=O) groups excluding carboxylic acids is 1. The minimum Gasteiger partial charge on any atom is -0.339 e. The predicted octanol–water partition coefficient (Wildman–Crippen LogP) is 1.27. The summed E-state index contributed by atoms with van der Waals surface area (Å²) in [6, 6.07) is 3.53. The first-order valence-electron chi connectivity index (χ1n) is 8.59. The standard InChI is InChI=1S/C17H20N4O4S/c1-11(2)16(22)21-9-17(10-21)13(5-8-26(17,23)24)15-19-14(20-25-15)12-3-6-18-7-4-12/h3-4,6-7,11,13H,5,8-10H2,1-2H3. The Morgan fingerprint density at radius 2 is 2.00 bits per heavy atom. The van der Waals surface area contributed by atoms with Crippen LogP contribution in [0, 0.1) is 5.92 Å². The van der Waals surface area contributed by atoms with Crippen LogP contribution in [0.4, 0.5) is 0 Å². The van der Waals surface area contributed by atoms with Gasteiger partial charge < -0.3 is 9.42 Å². The highest BCUT2D eigenvalue weighted by molar-refractivity contribution is 7.93. The van der Waals surface area contributed by atoms with Crippen molar-refractivity contribution in [3.8, 4) is 11.4 Å². The predicted molar refractivity (Wildman–Crippen MR) is 92.8 cm³/mol. The van der Waals surface area contributed by atoms with E-state index in [1.54, 1.807) is 29.4 Å². The Hall–Kier alpha value is -2.29. The van der Waals surface area contributed by atoms with Crippen LogP contribution in [-0.2, 0) is 14.6 Å². The van der Waals surface area contributed by atoms with Gasteiger partial charge in [-0.2, -0.15) is 4.98 Å². The molecule has 9 heteroatoms. The van der Waals surface area contributed by atoms with Gasteiger partial charge in [-0.25, -0.2) is 8.42 Å². The fourth-order valence-corrected chi connectivity index (χ4v) is 6.15. The van der Waals surface area contributed by atoms with Gasteiger partial charge in [-0.15, -0.1) is 0 Å². The van der Waals surface area contributed by atoms with E-state index in [0.29, 0.717) is 18.1 Å². The summed E-state index contributed by atoms with van der Waals surface area (Å²) in [5.74, 6) is 0.252. The maximum atomic E-state index is 12.7. The first-order valence-corrected chi connectivity index (χ1v) is 10.2. The van der Waals surface area contributed by atoms with E-state index >= 15 is 0 Å². The zero-order chi connectivity index (χ0) is 18.5. The van der Waals surface area contributed by atoms with Crippen molar-refractivity contribution in [3.63, 3.8) is 0 Å². The van der Waals surface area contributed by atoms with E-state index in [4.69, 9.17) is 4.52 Å². The van der Waals surface area contributed by atoms with Crippen molar-refractivity contribution in [2.75, 3.05) is 18.8 Å². The Morgan fingerprint density at radius 1 is 1.31 bits per heavy atom. The lowest BCUT2D eigenvalue weighted by Crippen LogP contribution is -2.68. The summed E-state index contributed by atoms with van der Waals surface area (Å²) >= 11 is 0. The lowest BCUT2D eigenvalue weighted by Gasteiger charge is -2.49. The van der Waals surface area contributed by atoms with Crippen LogP contribution in [0.25, 0.3) is 11.4 Å². The molecule has 0 N–H and O–H groups in total. The minimum absolute atomic E-state index is 0.0283. The maximum absolute atomic E-state index is 12.7. The zero-order valence-electron chi connectivity index (χ0n) is 14.6. The van der Waals surface area contributed by atoms with E-state index < -0.39 is 14.6 Å². The monoisotopic (exact) mass is 376 g/mol. The molecular weight excluding hydrogens is 356 g/mol. The number of aromatic nitrogens is 3. The number of rotatable bonds is 3. The Balaban J connectivity index is 1.63. The molecule has 138 valence electrons. The van der Waals surface area contributed by atoms with Crippen LogP contribution in [0.1, 0.15) is 32.1 Å². The molecule has 26 heavy (non-hydrogen) atoms. The van der Waals surface area contributed by atoms with Crippen LogP contribution < -0.4 is 0 Å². The first-order chi connectivity index (χ1) is 12.3. The summed E-state index contributed by atoms with van der Waals surface area (Å²) in [5, 5.41) is 4.00. The molecule has 0 radical (unpaired) electrons. The Kier molecular flexibility index (Phi) is 3.87. The number of hydrogen-bond acceptors (Lipinski definition) is 7. The fourth-order valence-electron chi connectivity index (χ4n) is 3.84. The van der Waals surface area contributed by atoms with Crippen molar-refractivity contribution < 1.29 is 17.7 Å². The van der Waals surface area contributed by atoms with Crippen LogP contribution in [0.2, 0.25) is 0 Å². The van der Waals surface area contributed by atoms with Crippen LogP contribution >= 0.6 is 0 Å². The molecule has 4 rings (SSSR count). The third kappa shape index (κ3) is 2.45. The molecule has 8 nitrogen and oxygen atoms in total. The number of nitrogens with zero attached hydrogens (tertiary/aromatic N) is 4. The Bertz CT molecular complexity index is 933. The fraction of sp³-hybridized carbons (Fsp3) is 0.529. The Morgan fingerprint density at radius 3 is 2.65 bits per heavy atom. The third-order valence-corrected chi connectivity index (χ3v) is 7.89. The molecule has 0 saturated carbocycles. The van der Waals surface area contributed by atoms with E-state index in [-0.39, 0.29) is 36.6 Å². The molecule has 0 aromatic carbocycles. The van der Waals surface area contributed by atoms with Gasteiger partial charge in [0.1, 0.15) is 4.75 Å². The van der Waals surface area contributed by atoms with E-state index in [1.807, 2.05) is 13.8 Å². The number of amides is 1. The van der Waals surface area contributed by atoms with Crippen molar-refractivity contribution in [1.29, 1.82) is 0 Å². The molecule has 0 bridgehead atoms. The molecule has 4 heterocycles. The van der Waals surface area contributed by atoms with E-state index in [0.717, 1.165) is 5.56 Å². The molecule has 2 aliphatic rings. The second-order valence-corrected chi connectivity index (χ2v) is 9.72. The van der Waals surface area contributed by atoms with Gasteiger partial charge in [-0.3, -0.25) is 9.78 Å². The second kappa shape index (κ2) is 5.87. The van der Waals surface area contributed by atoms with Crippen molar-refractivity contribution in [1.82, 2.24) is 20.0 Å². The topological polar surface area (TPSA) is 106 Å². The minimum atomic E-state index is -3.33. The maximum Gasteiger partial charge on any atom is 0.231 e. The van der Waals surface area contributed by atoms with Crippen molar-refractivity contribution >= 4 is 15.7 Å². The second-order valence-electron chi connectivity index (χ2n) is 7.27. The van der Waals surface area contributed by atoms with Crippen molar-refractivity contribution in [2.24, 2.45) is 5.92 Å². The molecule has 0 aliphatic carbocycles. The van der Waals surface area contributed by atoms with Gasteiger partial charge in [0.15, 0.2) is 9.84 Å². The average molecular weight is 376 g/mol. The number of hydrogen-bond donors (Lipinski definition) is 0. The molecule has 2 aromatic rings. The van der Waals surface area contributed by atoms with Crippen LogP contribution in [0.3, 0.4) is 0 Å². The Labute approximate surface area is 151 Å². The molecule has 2 aromatic heterocycles. The smallest absolute Gasteiger partial charge is 0.231 e. The molecule has 2 fully saturated rings. The molecule has 1 amide bonds. The summed E-state index contributed by atoms with van der Waals surface area (Å²) in [7, 11) is -3.33. The number of carbonyl (C=O) groups is 1. The normalized spacial score (nSPS) is 23.3. The summed E-state index contributed by atoms with van der Waals surface area (Å²) in [4.78, 5) is 22.2. The molecule has 1 unspecified atom stereocenters. The van der Waals surface area contributed by atoms with Crippen molar-refractivity contribution in [3.05, 3.63) is 30.4 Å². The van der Waals surface area contributed by atoms with Gasteiger partial charge in [0.05, 0.1) is 11.7 Å². The highest BCUT2D eigenvalue weighted by atomic mass is 32.2. The van der Waals surface area contributed by atoms with Gasteiger partial charge >= 0.3 is 0 Å². The van der Waals surface area contributed by atoms with E-state index in [1.165, 1.54) is 0 Å². The van der Waals surface area contributed by atoms with Gasteiger partial charge in [0.2, 0.25) is 17.6 Å². The third-order valence-electron chi connectivity index (χ3n) is 5.33. The first kappa shape index (κ1) is 17.1. The lowest BCUT2D eigenvalue weighted by molar-refractivity contribution is -0.140. The largest absolute Gasteiger partial charge is 0.339 e. The quantitative estimate of drug-likeness (QED) is 0.794. The SMILES string of the molecule is CC(C)C(=O)N1CC2(C1)C(c1nc(-c3ccncc3)no1)CCS2(=O)=O. The number of pyridine rings is 1. The molecule has 2 saturated heterocycles. The number of sulfone groups is 1. The summed E-state index contributed by atoms with van der Waals surface area (Å²) in [5.41, 5.74) is 0.759. The van der Waals surface area contributed by atoms with Crippen molar-refractivity contribution in [2.45, 2.75) is 30.9 Å². The van der Waals surface area contributed by atoms with E-state index in [2.05, 4.69) is 15.1 Å². The molecular formula is C17H20N4O4S. The average Bonchev–Trinajstić information content (AvgIpc) is 3.15. The summed E-state index contributed by atoms with van der Waals surface area (Å²) < 4.78 is 29.9. The van der Waals surface area contributed by atoms with Gasteiger partial charge in [0.25, 0.3) is 0 Å². The van der Waals surface area contributed by atoms with E-state index in [9.17, 15) is 13.2 Å². The molecule has 2 aliphatic heterocycles.